The van der Waals surface area contributed by atoms with E-state index in [0.29, 0.717) is 84.4 Å². The third-order valence-corrected chi connectivity index (χ3v) is 7.89. The molecule has 3 aliphatic rings. The second kappa shape index (κ2) is 8.90. The van der Waals surface area contributed by atoms with Gasteiger partial charge in [-0.3, -0.25) is 4.79 Å². The number of carbonyl (C=O) groups is 1. The van der Waals surface area contributed by atoms with Gasteiger partial charge in [-0.15, -0.1) is 0 Å². The number of rotatable bonds is 4. The molecular weight excluding hydrogens is 396 g/mol. The number of nitrogens with zero attached hydrogens (tertiary/aromatic N) is 6. The summed E-state index contributed by atoms with van der Waals surface area (Å²) in [6.07, 6.45) is 4.59. The maximum atomic E-state index is 12.9. The Hall–Kier alpha value is -1.82. The van der Waals surface area contributed by atoms with Crippen molar-refractivity contribution in [2.45, 2.75) is 12.8 Å². The molecule has 0 radical (unpaired) electrons. The number of aromatic nitrogens is 2. The van der Waals surface area contributed by atoms with Crippen molar-refractivity contribution >= 4 is 22.1 Å². The van der Waals surface area contributed by atoms with Gasteiger partial charge in [-0.25, -0.2) is 9.97 Å². The molecule has 0 unspecified atom stereocenters. The summed E-state index contributed by atoms with van der Waals surface area (Å²) in [6, 6.07) is 1.79. The molecular formula is C18H28N6O4S. The molecule has 160 valence electrons. The maximum Gasteiger partial charge on any atom is 0.282 e. The Balaban J connectivity index is 1.27. The largest absolute Gasteiger partial charge is 0.379 e. The van der Waals surface area contributed by atoms with Crippen LogP contribution >= 0.6 is 0 Å². The third kappa shape index (κ3) is 4.52. The first-order valence-corrected chi connectivity index (χ1v) is 11.6. The Kier molecular flexibility index (Phi) is 6.28. The van der Waals surface area contributed by atoms with E-state index < -0.39 is 10.2 Å². The topological polar surface area (TPSA) is 99.2 Å². The van der Waals surface area contributed by atoms with Gasteiger partial charge in [0.15, 0.2) is 0 Å². The summed E-state index contributed by atoms with van der Waals surface area (Å²) in [4.78, 5) is 25.5. The number of hydrogen-bond acceptors (Lipinski definition) is 7. The van der Waals surface area contributed by atoms with E-state index in [0.717, 1.165) is 0 Å². The molecule has 0 spiro atoms. The van der Waals surface area contributed by atoms with Crippen LogP contribution in [0.2, 0.25) is 0 Å². The molecule has 0 saturated carbocycles. The Morgan fingerprint density at radius 3 is 2.10 bits per heavy atom. The number of amides is 1. The molecule has 0 bridgehead atoms. The Labute approximate surface area is 171 Å². The predicted molar refractivity (Wildman–Crippen MR) is 106 cm³/mol. The smallest absolute Gasteiger partial charge is 0.282 e. The second-order valence-electron chi connectivity index (χ2n) is 7.55. The number of hydrogen-bond donors (Lipinski definition) is 0. The highest BCUT2D eigenvalue weighted by atomic mass is 32.2. The van der Waals surface area contributed by atoms with Crippen LogP contribution < -0.4 is 4.90 Å². The summed E-state index contributed by atoms with van der Waals surface area (Å²) in [5, 5.41) is 0. The highest BCUT2D eigenvalue weighted by molar-refractivity contribution is 7.86. The number of piperidine rings is 1. The maximum absolute atomic E-state index is 12.9. The molecule has 3 fully saturated rings. The lowest BCUT2D eigenvalue weighted by Crippen LogP contribution is -2.54. The molecule has 1 amide bonds. The Morgan fingerprint density at radius 1 is 0.897 bits per heavy atom. The van der Waals surface area contributed by atoms with Gasteiger partial charge in [-0.2, -0.15) is 17.0 Å². The van der Waals surface area contributed by atoms with Crippen molar-refractivity contribution in [3.05, 3.63) is 18.5 Å². The van der Waals surface area contributed by atoms with E-state index in [1.807, 2.05) is 4.90 Å². The number of morpholine rings is 1. The number of ether oxygens (including phenoxy) is 1. The van der Waals surface area contributed by atoms with Crippen molar-refractivity contribution < 1.29 is 17.9 Å². The van der Waals surface area contributed by atoms with Crippen LogP contribution in [0.5, 0.6) is 0 Å². The van der Waals surface area contributed by atoms with Gasteiger partial charge in [-0.05, 0) is 18.9 Å². The van der Waals surface area contributed by atoms with Crippen LogP contribution in [-0.4, -0.2) is 103 Å². The quantitative estimate of drug-likeness (QED) is 0.637. The lowest BCUT2D eigenvalue weighted by molar-refractivity contribution is -0.137. The Bertz CT molecular complexity index is 786. The van der Waals surface area contributed by atoms with Crippen LogP contribution in [0.3, 0.4) is 0 Å². The van der Waals surface area contributed by atoms with Gasteiger partial charge >= 0.3 is 0 Å². The molecule has 0 N–H and O–H groups in total. The molecule has 10 nitrogen and oxygen atoms in total. The van der Waals surface area contributed by atoms with E-state index in [2.05, 4.69) is 14.9 Å². The molecule has 4 heterocycles. The summed E-state index contributed by atoms with van der Waals surface area (Å²) in [7, 11) is -3.46. The van der Waals surface area contributed by atoms with Crippen molar-refractivity contribution in [2.75, 3.05) is 70.5 Å². The average Bonchev–Trinajstić information content (AvgIpc) is 2.80. The molecule has 11 heteroatoms. The monoisotopic (exact) mass is 424 g/mol. The fraction of sp³-hybridized carbons (Fsp3) is 0.722. The van der Waals surface area contributed by atoms with Crippen molar-refractivity contribution in [3.8, 4) is 0 Å². The third-order valence-electron chi connectivity index (χ3n) is 5.85. The fourth-order valence-corrected chi connectivity index (χ4v) is 5.72. The lowest BCUT2D eigenvalue weighted by atomic mass is 9.96. The first-order valence-electron chi connectivity index (χ1n) is 10.2. The number of anilines is 1. The summed E-state index contributed by atoms with van der Waals surface area (Å²) < 4.78 is 33.8. The fourth-order valence-electron chi connectivity index (χ4n) is 4.11. The van der Waals surface area contributed by atoms with Gasteiger partial charge in [-0.1, -0.05) is 0 Å². The second-order valence-corrected chi connectivity index (χ2v) is 9.48. The summed E-state index contributed by atoms with van der Waals surface area (Å²) in [6.45, 7) is 5.17. The minimum absolute atomic E-state index is 0.106. The van der Waals surface area contributed by atoms with Gasteiger partial charge in [0.25, 0.3) is 10.2 Å². The number of carbonyl (C=O) groups excluding carboxylic acids is 1. The molecule has 4 rings (SSSR count). The van der Waals surface area contributed by atoms with Crippen molar-refractivity contribution in [2.24, 2.45) is 5.92 Å². The SMILES string of the molecule is O=C(C1CCN(S(=O)(=O)N2CCOCC2)CC1)N1CCN(c2ncccn2)CC1. The summed E-state index contributed by atoms with van der Waals surface area (Å²) in [5.41, 5.74) is 0. The van der Waals surface area contributed by atoms with Gasteiger partial charge < -0.3 is 14.5 Å². The molecule has 3 aliphatic heterocycles. The average molecular weight is 425 g/mol. The van der Waals surface area contributed by atoms with Crippen LogP contribution in [0.25, 0.3) is 0 Å². The van der Waals surface area contributed by atoms with Crippen LogP contribution in [0, 0.1) is 5.92 Å². The minimum atomic E-state index is -3.46. The number of piperazine rings is 1. The highest BCUT2D eigenvalue weighted by Crippen LogP contribution is 2.24. The van der Waals surface area contributed by atoms with Crippen LogP contribution in [-0.2, 0) is 19.7 Å². The normalized spacial score (nSPS) is 23.3. The molecule has 0 atom stereocenters. The summed E-state index contributed by atoms with van der Waals surface area (Å²) >= 11 is 0. The van der Waals surface area contributed by atoms with Crippen LogP contribution in [0.4, 0.5) is 5.95 Å². The van der Waals surface area contributed by atoms with Crippen LogP contribution in [0.1, 0.15) is 12.8 Å². The first kappa shape index (κ1) is 20.5. The van der Waals surface area contributed by atoms with Gasteiger partial charge in [0.1, 0.15) is 0 Å². The van der Waals surface area contributed by atoms with E-state index in [4.69, 9.17) is 4.74 Å². The van der Waals surface area contributed by atoms with Crippen molar-refractivity contribution in [3.63, 3.8) is 0 Å². The van der Waals surface area contributed by atoms with E-state index >= 15 is 0 Å². The zero-order valence-electron chi connectivity index (χ0n) is 16.5. The highest BCUT2D eigenvalue weighted by Gasteiger charge is 2.37. The molecule has 1 aromatic heterocycles. The van der Waals surface area contributed by atoms with Gasteiger partial charge in [0.05, 0.1) is 13.2 Å². The van der Waals surface area contributed by atoms with E-state index in [1.165, 1.54) is 8.61 Å². The Morgan fingerprint density at radius 2 is 1.48 bits per heavy atom. The molecule has 3 saturated heterocycles. The van der Waals surface area contributed by atoms with Crippen molar-refractivity contribution in [1.29, 1.82) is 0 Å². The molecule has 29 heavy (non-hydrogen) atoms. The zero-order valence-corrected chi connectivity index (χ0v) is 17.3. The molecule has 0 aromatic carbocycles. The molecule has 1 aromatic rings. The van der Waals surface area contributed by atoms with E-state index in [1.54, 1.807) is 18.5 Å². The van der Waals surface area contributed by atoms with Gasteiger partial charge in [0, 0.05) is 70.7 Å². The van der Waals surface area contributed by atoms with E-state index in [9.17, 15) is 13.2 Å². The lowest BCUT2D eigenvalue weighted by Gasteiger charge is -2.39. The summed E-state index contributed by atoms with van der Waals surface area (Å²) in [5.74, 6) is 0.731. The first-order chi connectivity index (χ1) is 14.1. The molecule has 0 aliphatic carbocycles. The predicted octanol–water partition coefficient (Wildman–Crippen LogP) is -0.586. The minimum Gasteiger partial charge on any atom is -0.379 e. The van der Waals surface area contributed by atoms with Gasteiger partial charge in [0.2, 0.25) is 11.9 Å². The zero-order chi connectivity index (χ0) is 20.3. The van der Waals surface area contributed by atoms with E-state index in [-0.39, 0.29) is 11.8 Å². The van der Waals surface area contributed by atoms with Crippen LogP contribution in [0.15, 0.2) is 18.5 Å². The van der Waals surface area contributed by atoms with Crippen molar-refractivity contribution in [1.82, 2.24) is 23.5 Å². The standard InChI is InChI=1S/C18H28N6O4S/c25-17(21-8-10-22(11-9-21)18-19-4-1-5-20-18)16-2-6-23(7-3-16)29(26,27)24-12-14-28-15-13-24/h1,4-5,16H,2-3,6-15H2.